The smallest absolute Gasteiger partial charge is 0.141 e. The predicted octanol–water partition coefficient (Wildman–Crippen LogP) is 5.85. The molecule has 0 bridgehead atoms. The highest BCUT2D eigenvalue weighted by molar-refractivity contribution is 9.24. The zero-order chi connectivity index (χ0) is 16.4. The molecule has 114 valence electrons. The average molecular weight is 434 g/mol. The van der Waals surface area contributed by atoms with Gasteiger partial charge in [-0.3, -0.25) is 0 Å². The molecule has 0 unspecified atom stereocenters. The SMILES string of the molecule is N#CC1=Nc2cc(C(Br)Br)ccc2CC(c2ccc(F)cc2)=C1. The molecule has 1 heterocycles. The van der Waals surface area contributed by atoms with E-state index in [1.165, 1.54) is 12.1 Å². The van der Waals surface area contributed by atoms with Crippen molar-refractivity contribution in [3.63, 3.8) is 0 Å². The van der Waals surface area contributed by atoms with Crippen molar-refractivity contribution in [1.82, 2.24) is 0 Å². The molecule has 0 aromatic heterocycles. The average Bonchev–Trinajstić information content (AvgIpc) is 2.73. The van der Waals surface area contributed by atoms with Crippen LogP contribution in [0.25, 0.3) is 5.57 Å². The van der Waals surface area contributed by atoms with E-state index in [4.69, 9.17) is 0 Å². The summed E-state index contributed by atoms with van der Waals surface area (Å²) >= 11 is 6.94. The van der Waals surface area contributed by atoms with E-state index in [2.05, 4.69) is 42.9 Å². The molecule has 0 saturated heterocycles. The first kappa shape index (κ1) is 16.1. The molecule has 0 atom stereocenters. The van der Waals surface area contributed by atoms with Gasteiger partial charge in [-0.2, -0.15) is 5.26 Å². The highest BCUT2D eigenvalue weighted by Crippen LogP contribution is 2.36. The lowest BCUT2D eigenvalue weighted by Crippen LogP contribution is -1.93. The fraction of sp³-hybridized carbons (Fsp3) is 0.111. The summed E-state index contributed by atoms with van der Waals surface area (Å²) in [7, 11) is 0. The molecule has 2 aromatic rings. The molecule has 0 saturated carbocycles. The van der Waals surface area contributed by atoms with Crippen molar-refractivity contribution >= 4 is 48.8 Å². The van der Waals surface area contributed by atoms with Crippen molar-refractivity contribution in [2.45, 2.75) is 10.2 Å². The standard InChI is InChI=1S/C18H11Br2FN2/c19-18(20)13-2-1-12-7-14(11-3-5-15(21)6-4-11)8-16(10-22)23-17(12)9-13/h1-6,8-9,18H,7H2. The van der Waals surface area contributed by atoms with Crippen LogP contribution in [0.3, 0.4) is 0 Å². The van der Waals surface area contributed by atoms with Crippen molar-refractivity contribution < 1.29 is 4.39 Å². The van der Waals surface area contributed by atoms with E-state index in [-0.39, 0.29) is 9.55 Å². The van der Waals surface area contributed by atoms with Crippen molar-refractivity contribution in [3.05, 3.63) is 71.0 Å². The molecule has 0 spiro atoms. The Balaban J connectivity index is 2.07. The second-order valence-corrected chi connectivity index (χ2v) is 8.21. The summed E-state index contributed by atoms with van der Waals surface area (Å²) in [5, 5.41) is 9.32. The zero-order valence-corrected chi connectivity index (χ0v) is 15.1. The number of nitrogens with zero attached hydrogens (tertiary/aromatic N) is 2. The Morgan fingerprint density at radius 1 is 1.13 bits per heavy atom. The number of allylic oxidation sites excluding steroid dienone is 2. The minimum absolute atomic E-state index is 0.0359. The number of halogens is 3. The number of nitriles is 1. The van der Waals surface area contributed by atoms with Crippen LogP contribution in [-0.2, 0) is 6.42 Å². The number of hydrogen-bond acceptors (Lipinski definition) is 2. The molecule has 3 rings (SSSR count). The molecule has 1 aliphatic heterocycles. The van der Waals surface area contributed by atoms with Crippen LogP contribution < -0.4 is 0 Å². The van der Waals surface area contributed by atoms with E-state index in [0.717, 1.165) is 28.0 Å². The number of rotatable bonds is 2. The van der Waals surface area contributed by atoms with Crippen LogP contribution in [0.4, 0.5) is 10.1 Å². The number of benzene rings is 2. The van der Waals surface area contributed by atoms with Crippen LogP contribution in [0.2, 0.25) is 0 Å². The highest BCUT2D eigenvalue weighted by Gasteiger charge is 2.15. The Labute approximate surface area is 150 Å². The van der Waals surface area contributed by atoms with Crippen LogP contribution in [0.15, 0.2) is 53.5 Å². The molecule has 23 heavy (non-hydrogen) atoms. The first-order valence-electron chi connectivity index (χ1n) is 6.93. The maximum atomic E-state index is 13.1. The molecule has 0 fully saturated rings. The van der Waals surface area contributed by atoms with E-state index in [1.807, 2.05) is 18.2 Å². The second-order valence-electron chi connectivity index (χ2n) is 5.15. The normalized spacial score (nSPS) is 13.7. The van der Waals surface area contributed by atoms with Gasteiger partial charge >= 0.3 is 0 Å². The third-order valence-corrected chi connectivity index (χ3v) is 4.68. The maximum Gasteiger partial charge on any atom is 0.141 e. The summed E-state index contributed by atoms with van der Waals surface area (Å²) in [6.45, 7) is 0. The molecule has 2 aromatic carbocycles. The molecule has 2 nitrogen and oxygen atoms in total. The fourth-order valence-electron chi connectivity index (χ4n) is 2.46. The van der Waals surface area contributed by atoms with E-state index < -0.39 is 0 Å². The van der Waals surface area contributed by atoms with Gasteiger partial charge in [0.25, 0.3) is 0 Å². The number of fused-ring (bicyclic) bond motifs is 1. The summed E-state index contributed by atoms with van der Waals surface area (Å²) < 4.78 is 13.2. The van der Waals surface area contributed by atoms with Crippen molar-refractivity contribution in [2.24, 2.45) is 4.99 Å². The van der Waals surface area contributed by atoms with Gasteiger partial charge in [-0.15, -0.1) is 0 Å². The van der Waals surface area contributed by atoms with Crippen molar-refractivity contribution in [2.75, 3.05) is 0 Å². The Morgan fingerprint density at radius 2 is 1.87 bits per heavy atom. The van der Waals surface area contributed by atoms with Gasteiger partial charge in [0.15, 0.2) is 0 Å². The summed E-state index contributed by atoms with van der Waals surface area (Å²) in [6, 6.07) is 14.4. The Morgan fingerprint density at radius 3 is 2.52 bits per heavy atom. The van der Waals surface area contributed by atoms with Crippen molar-refractivity contribution in [1.29, 1.82) is 5.26 Å². The van der Waals surface area contributed by atoms with Crippen molar-refractivity contribution in [3.8, 4) is 6.07 Å². The Hall–Kier alpha value is -1.77. The van der Waals surface area contributed by atoms with E-state index in [1.54, 1.807) is 18.2 Å². The molecular formula is C18H11Br2FN2. The zero-order valence-electron chi connectivity index (χ0n) is 11.9. The molecule has 0 amide bonds. The van der Waals surface area contributed by atoms with E-state index in [0.29, 0.717) is 12.1 Å². The third kappa shape index (κ3) is 3.60. The monoisotopic (exact) mass is 432 g/mol. The van der Waals surface area contributed by atoms with Crippen LogP contribution in [0.5, 0.6) is 0 Å². The number of alkyl halides is 2. The van der Waals surface area contributed by atoms with Gasteiger partial charge < -0.3 is 0 Å². The fourth-order valence-corrected chi connectivity index (χ4v) is 3.03. The summed E-state index contributed by atoms with van der Waals surface area (Å²) in [5.41, 5.74) is 5.05. The first-order valence-corrected chi connectivity index (χ1v) is 8.76. The minimum Gasteiger partial charge on any atom is -0.237 e. The van der Waals surface area contributed by atoms with Gasteiger partial charge in [0, 0.05) is 6.42 Å². The molecule has 5 heteroatoms. The van der Waals surface area contributed by atoms with Gasteiger partial charge in [0.05, 0.1) is 9.42 Å². The van der Waals surface area contributed by atoms with Crippen LogP contribution in [-0.4, -0.2) is 5.71 Å². The lowest BCUT2D eigenvalue weighted by Gasteiger charge is -2.10. The van der Waals surface area contributed by atoms with E-state index >= 15 is 0 Å². The Bertz CT molecular complexity index is 846. The topological polar surface area (TPSA) is 36.1 Å². The largest absolute Gasteiger partial charge is 0.237 e. The quantitative estimate of drug-likeness (QED) is 0.547. The lowest BCUT2D eigenvalue weighted by atomic mass is 9.96. The lowest BCUT2D eigenvalue weighted by molar-refractivity contribution is 0.627. The van der Waals surface area contributed by atoms with Crippen LogP contribution in [0, 0.1) is 17.1 Å². The number of aliphatic imine (C=N–C) groups is 1. The highest BCUT2D eigenvalue weighted by atomic mass is 79.9. The first-order chi connectivity index (χ1) is 11.1. The predicted molar refractivity (Wildman–Crippen MR) is 97.8 cm³/mol. The van der Waals surface area contributed by atoms with Gasteiger partial charge in [-0.25, -0.2) is 9.38 Å². The van der Waals surface area contributed by atoms with Crippen LogP contribution >= 0.6 is 31.9 Å². The molecule has 0 aliphatic carbocycles. The summed E-state index contributed by atoms with van der Waals surface area (Å²) in [6.07, 6.45) is 2.41. The van der Waals surface area contributed by atoms with Gasteiger partial charge in [0.1, 0.15) is 17.6 Å². The summed E-state index contributed by atoms with van der Waals surface area (Å²) in [5.74, 6) is -0.275. The molecule has 0 radical (unpaired) electrons. The molecule has 1 aliphatic rings. The van der Waals surface area contributed by atoms with Crippen LogP contribution in [0.1, 0.15) is 20.4 Å². The second kappa shape index (κ2) is 6.77. The molecule has 0 N–H and O–H groups in total. The third-order valence-electron chi connectivity index (χ3n) is 3.62. The van der Waals surface area contributed by atoms with E-state index in [9.17, 15) is 9.65 Å². The number of hydrogen-bond donors (Lipinski definition) is 0. The Kier molecular flexibility index (Phi) is 4.74. The van der Waals surface area contributed by atoms with Gasteiger partial charge in [0.2, 0.25) is 0 Å². The maximum absolute atomic E-state index is 13.1. The van der Waals surface area contributed by atoms with Gasteiger partial charge in [-0.1, -0.05) is 56.1 Å². The minimum atomic E-state index is -0.275. The molecular weight excluding hydrogens is 423 g/mol. The summed E-state index contributed by atoms with van der Waals surface area (Å²) in [4.78, 5) is 4.46. The van der Waals surface area contributed by atoms with Gasteiger partial charge in [-0.05, 0) is 46.5 Å².